The van der Waals surface area contributed by atoms with Gasteiger partial charge in [0.2, 0.25) is 5.91 Å². The lowest BCUT2D eigenvalue weighted by Gasteiger charge is -2.32. The minimum absolute atomic E-state index is 0.0409. The molecule has 0 bridgehead atoms. The number of carbonyl (C=O) groups excluding carboxylic acids is 1. The molecule has 0 atom stereocenters. The smallest absolute Gasteiger partial charge is 0.248 e. The van der Waals surface area contributed by atoms with Crippen LogP contribution in [0.1, 0.15) is 12.8 Å². The predicted octanol–water partition coefficient (Wildman–Crippen LogP) is 4.13. The fourth-order valence-corrected chi connectivity index (χ4v) is 4.48. The van der Waals surface area contributed by atoms with Crippen molar-refractivity contribution in [1.29, 1.82) is 0 Å². The molecule has 1 saturated heterocycles. The number of aromatic nitrogens is 3. The van der Waals surface area contributed by atoms with Gasteiger partial charge < -0.3 is 19.7 Å². The lowest BCUT2D eigenvalue weighted by atomic mass is 9.96. The Bertz CT molecular complexity index is 1100. The average molecular weight is 537 g/mol. The lowest BCUT2D eigenvalue weighted by Crippen LogP contribution is -2.41. The summed E-state index contributed by atoms with van der Waals surface area (Å²) >= 11 is 9.96. The number of nitrogens with zero attached hydrogens (tertiary/aromatic N) is 4. The van der Waals surface area contributed by atoms with Crippen molar-refractivity contribution >= 4 is 44.9 Å². The number of hydrogen-bond acceptors (Lipinski definition) is 6. The van der Waals surface area contributed by atoms with Crippen LogP contribution in [0.3, 0.4) is 0 Å². The van der Waals surface area contributed by atoms with Crippen molar-refractivity contribution < 1.29 is 14.3 Å². The molecular formula is C23H27BrClN5O3. The maximum Gasteiger partial charge on any atom is 0.248 e. The van der Waals surface area contributed by atoms with Crippen LogP contribution in [0, 0.1) is 5.92 Å². The number of nitrogens with one attached hydrogen (secondary N) is 1. The molecule has 8 nitrogen and oxygen atoms in total. The number of hydrogen-bond donors (Lipinski definition) is 1. The molecule has 1 N–H and O–H groups in total. The molecule has 0 saturated carbocycles. The number of methoxy groups -OCH3 is 1. The summed E-state index contributed by atoms with van der Waals surface area (Å²) in [6, 6.07) is 9.65. The molecule has 3 aromatic rings. The fraction of sp³-hybridized carbons (Fsp3) is 0.435. The average Bonchev–Trinajstić information content (AvgIpc) is 3.21. The summed E-state index contributed by atoms with van der Waals surface area (Å²) in [6.07, 6.45) is 3.61. The zero-order valence-corrected chi connectivity index (χ0v) is 20.8. The van der Waals surface area contributed by atoms with Crippen molar-refractivity contribution in [3.05, 3.63) is 46.0 Å². The summed E-state index contributed by atoms with van der Waals surface area (Å²) in [5.41, 5.74) is 2.38. The molecule has 0 spiro atoms. The van der Waals surface area contributed by atoms with E-state index in [1.54, 1.807) is 17.8 Å². The minimum atomic E-state index is 0.0409. The normalized spacial score (nSPS) is 14.7. The third-order valence-electron chi connectivity index (χ3n) is 5.78. The first kappa shape index (κ1) is 23.9. The molecule has 0 aliphatic carbocycles. The second kappa shape index (κ2) is 11.3. The van der Waals surface area contributed by atoms with Crippen LogP contribution in [0.4, 0.5) is 5.82 Å². The second-order valence-corrected chi connectivity index (χ2v) is 9.25. The SMILES string of the molecule is COCCOCC(=O)N1CCC(CNc2cc(-c3ccccc3Cl)nc3c(Br)cnn23)CC1. The Hall–Kier alpha value is -2.20. The first-order chi connectivity index (χ1) is 16.1. The van der Waals surface area contributed by atoms with E-state index in [-0.39, 0.29) is 12.5 Å². The van der Waals surface area contributed by atoms with Crippen LogP contribution in [0.5, 0.6) is 0 Å². The summed E-state index contributed by atoms with van der Waals surface area (Å²) in [5.74, 6) is 1.35. The Labute approximate surface area is 206 Å². The highest BCUT2D eigenvalue weighted by molar-refractivity contribution is 9.10. The van der Waals surface area contributed by atoms with E-state index in [4.69, 9.17) is 26.1 Å². The van der Waals surface area contributed by atoms with Crippen LogP contribution < -0.4 is 5.32 Å². The number of anilines is 1. The highest BCUT2D eigenvalue weighted by atomic mass is 79.9. The molecule has 0 radical (unpaired) electrons. The molecule has 4 rings (SSSR count). The van der Waals surface area contributed by atoms with Crippen molar-refractivity contribution in [2.24, 2.45) is 5.92 Å². The van der Waals surface area contributed by atoms with Gasteiger partial charge in [0.1, 0.15) is 12.4 Å². The van der Waals surface area contributed by atoms with Gasteiger partial charge in [-0.2, -0.15) is 9.61 Å². The summed E-state index contributed by atoms with van der Waals surface area (Å²) in [7, 11) is 1.61. The number of halogens is 2. The van der Waals surface area contributed by atoms with E-state index < -0.39 is 0 Å². The highest BCUT2D eigenvalue weighted by Crippen LogP contribution is 2.30. The van der Waals surface area contributed by atoms with Gasteiger partial charge in [0, 0.05) is 43.4 Å². The van der Waals surface area contributed by atoms with Crippen LogP contribution in [0.15, 0.2) is 41.0 Å². The van der Waals surface area contributed by atoms with Gasteiger partial charge in [0.25, 0.3) is 0 Å². The van der Waals surface area contributed by atoms with Crippen molar-refractivity contribution in [1.82, 2.24) is 19.5 Å². The molecule has 1 aliphatic heterocycles. The molecule has 1 aliphatic rings. The van der Waals surface area contributed by atoms with E-state index in [2.05, 4.69) is 26.3 Å². The Balaban J connectivity index is 1.39. The van der Waals surface area contributed by atoms with Gasteiger partial charge in [-0.05, 0) is 40.8 Å². The largest absolute Gasteiger partial charge is 0.382 e. The maximum absolute atomic E-state index is 12.3. The van der Waals surface area contributed by atoms with Crippen LogP contribution in [0.25, 0.3) is 16.9 Å². The van der Waals surface area contributed by atoms with Gasteiger partial charge >= 0.3 is 0 Å². The lowest BCUT2D eigenvalue weighted by molar-refractivity contribution is -0.137. The number of amides is 1. The topological polar surface area (TPSA) is 81.0 Å². The molecule has 10 heteroatoms. The molecule has 3 heterocycles. The number of carbonyl (C=O) groups is 1. The van der Waals surface area contributed by atoms with Crippen molar-refractivity contribution in [3.8, 4) is 11.3 Å². The van der Waals surface area contributed by atoms with Gasteiger partial charge in [-0.3, -0.25) is 4.79 Å². The van der Waals surface area contributed by atoms with Gasteiger partial charge in [-0.15, -0.1) is 0 Å². The molecule has 1 amide bonds. The quantitative estimate of drug-likeness (QED) is 0.414. The van der Waals surface area contributed by atoms with E-state index in [9.17, 15) is 4.79 Å². The van der Waals surface area contributed by atoms with Gasteiger partial charge in [-0.25, -0.2) is 4.98 Å². The van der Waals surface area contributed by atoms with E-state index in [1.807, 2.05) is 35.2 Å². The van der Waals surface area contributed by atoms with Crippen LogP contribution in [0.2, 0.25) is 5.02 Å². The monoisotopic (exact) mass is 535 g/mol. The number of ether oxygens (including phenoxy) is 2. The Morgan fingerprint density at radius 3 is 2.82 bits per heavy atom. The maximum atomic E-state index is 12.3. The van der Waals surface area contributed by atoms with Crippen molar-refractivity contribution in [2.75, 3.05) is 51.9 Å². The zero-order valence-electron chi connectivity index (χ0n) is 18.5. The Morgan fingerprint density at radius 1 is 1.27 bits per heavy atom. The molecule has 0 unspecified atom stereocenters. The molecule has 33 heavy (non-hydrogen) atoms. The third-order valence-corrected chi connectivity index (χ3v) is 6.66. The molecular weight excluding hydrogens is 510 g/mol. The van der Waals surface area contributed by atoms with Crippen LogP contribution in [-0.2, 0) is 14.3 Å². The van der Waals surface area contributed by atoms with Gasteiger partial charge in [0.15, 0.2) is 5.65 Å². The summed E-state index contributed by atoms with van der Waals surface area (Å²) in [6.45, 7) is 3.30. The summed E-state index contributed by atoms with van der Waals surface area (Å²) in [5, 5.41) is 8.65. The predicted molar refractivity (Wildman–Crippen MR) is 132 cm³/mol. The minimum Gasteiger partial charge on any atom is -0.382 e. The molecule has 176 valence electrons. The standard InChI is InChI=1S/C23H27BrClN5O3/c1-32-10-11-33-15-22(31)29-8-6-16(7-9-29)13-26-21-12-20(17-4-2-3-5-19(17)25)28-23-18(24)14-27-30(21)23/h2-5,12,14,16,26H,6-11,13,15H2,1H3. The highest BCUT2D eigenvalue weighted by Gasteiger charge is 2.23. The number of rotatable bonds is 9. The summed E-state index contributed by atoms with van der Waals surface area (Å²) in [4.78, 5) is 18.9. The van der Waals surface area contributed by atoms with Gasteiger partial charge in [-0.1, -0.05) is 29.8 Å². The van der Waals surface area contributed by atoms with E-state index in [1.165, 1.54) is 0 Å². The molecule has 2 aromatic heterocycles. The first-order valence-electron chi connectivity index (χ1n) is 10.9. The Morgan fingerprint density at radius 2 is 2.06 bits per heavy atom. The molecule has 1 aromatic carbocycles. The van der Waals surface area contributed by atoms with E-state index in [0.717, 1.165) is 59.7 Å². The van der Waals surface area contributed by atoms with E-state index in [0.29, 0.717) is 24.2 Å². The number of likely N-dealkylation sites (tertiary alicyclic amines) is 1. The zero-order chi connectivity index (χ0) is 23.2. The number of piperidine rings is 1. The second-order valence-electron chi connectivity index (χ2n) is 7.98. The number of fused-ring (bicyclic) bond motifs is 1. The van der Waals surface area contributed by atoms with Gasteiger partial charge in [0.05, 0.1) is 29.6 Å². The first-order valence-corrected chi connectivity index (χ1v) is 12.1. The van der Waals surface area contributed by atoms with E-state index >= 15 is 0 Å². The van der Waals surface area contributed by atoms with Crippen molar-refractivity contribution in [3.63, 3.8) is 0 Å². The third kappa shape index (κ3) is 5.84. The molecule has 1 fully saturated rings. The fourth-order valence-electron chi connectivity index (χ4n) is 3.90. The van der Waals surface area contributed by atoms with Crippen molar-refractivity contribution in [2.45, 2.75) is 12.8 Å². The van der Waals surface area contributed by atoms with Crippen LogP contribution in [-0.4, -0.2) is 72.0 Å². The van der Waals surface area contributed by atoms with Crippen LogP contribution >= 0.6 is 27.5 Å². The number of benzene rings is 1. The summed E-state index contributed by atoms with van der Waals surface area (Å²) < 4.78 is 12.9. The Kier molecular flexibility index (Phi) is 8.19.